The van der Waals surface area contributed by atoms with Gasteiger partial charge in [-0.05, 0) is 18.2 Å². The van der Waals surface area contributed by atoms with Crippen LogP contribution >= 0.6 is 0 Å². The van der Waals surface area contributed by atoms with Crippen molar-refractivity contribution in [2.24, 2.45) is 7.05 Å². The van der Waals surface area contributed by atoms with Crippen LogP contribution in [0.15, 0.2) is 55.0 Å². The van der Waals surface area contributed by atoms with Crippen LogP contribution < -0.4 is 14.8 Å². The smallest absolute Gasteiger partial charge is 0.189 e. The molecule has 0 saturated carbocycles. The van der Waals surface area contributed by atoms with Gasteiger partial charge in [-0.2, -0.15) is 5.10 Å². The van der Waals surface area contributed by atoms with Crippen molar-refractivity contribution >= 4 is 22.4 Å². The molecule has 0 amide bonds. The Morgan fingerprint density at radius 2 is 1.81 bits per heavy atom. The Morgan fingerprint density at radius 1 is 0.938 bits per heavy atom. The lowest BCUT2D eigenvalue weighted by atomic mass is 10.2. The fraction of sp³-hybridized carbons (Fsp3) is 0.261. The molecule has 0 spiro atoms. The fourth-order valence-corrected chi connectivity index (χ4v) is 3.10. The Kier molecular flexibility index (Phi) is 6.78. The molecule has 0 atom stereocenters. The number of hydrogen-bond donors (Lipinski definition) is 1. The summed E-state index contributed by atoms with van der Waals surface area (Å²) in [5, 5.41) is 7.58. The van der Waals surface area contributed by atoms with E-state index in [1.54, 1.807) is 37.4 Å². The highest BCUT2D eigenvalue weighted by Gasteiger charge is 2.08. The number of anilines is 2. The molecule has 9 heteroatoms. The minimum atomic E-state index is 0.124. The largest absolute Gasteiger partial charge is 0.497 e. The van der Waals surface area contributed by atoms with E-state index < -0.39 is 0 Å². The summed E-state index contributed by atoms with van der Waals surface area (Å²) in [5.41, 5.74) is 4.96. The predicted molar refractivity (Wildman–Crippen MR) is 121 cm³/mol. The van der Waals surface area contributed by atoms with Crippen molar-refractivity contribution in [2.75, 3.05) is 39.5 Å². The Morgan fingerprint density at radius 3 is 2.59 bits per heavy atom. The van der Waals surface area contributed by atoms with Gasteiger partial charge < -0.3 is 24.3 Å². The minimum Gasteiger partial charge on any atom is -0.497 e. The lowest BCUT2D eigenvalue weighted by Gasteiger charge is -2.13. The molecule has 0 aliphatic heterocycles. The summed E-state index contributed by atoms with van der Waals surface area (Å²) in [4.78, 5) is 9.27. The third kappa shape index (κ3) is 5.32. The van der Waals surface area contributed by atoms with E-state index in [0.717, 1.165) is 33.7 Å². The Labute approximate surface area is 185 Å². The summed E-state index contributed by atoms with van der Waals surface area (Å²) >= 11 is 0. The number of nitrogens with zero attached hydrogens (tertiary/aromatic N) is 4. The van der Waals surface area contributed by atoms with Gasteiger partial charge in [0.25, 0.3) is 0 Å². The van der Waals surface area contributed by atoms with Crippen molar-refractivity contribution in [1.29, 1.82) is 0 Å². The number of rotatable bonds is 10. The van der Waals surface area contributed by atoms with E-state index in [1.165, 1.54) is 0 Å². The number of aromatic nitrogens is 4. The van der Waals surface area contributed by atoms with Crippen molar-refractivity contribution in [3.8, 4) is 22.8 Å². The molecule has 4 aromatic rings. The van der Waals surface area contributed by atoms with Crippen molar-refractivity contribution in [2.45, 2.75) is 0 Å². The number of benzene rings is 2. The van der Waals surface area contributed by atoms with E-state index in [9.17, 15) is 0 Å². The van der Waals surface area contributed by atoms with Crippen molar-refractivity contribution in [3.63, 3.8) is 0 Å². The highest BCUT2D eigenvalue weighted by Crippen LogP contribution is 2.29. The van der Waals surface area contributed by atoms with Gasteiger partial charge in [0.15, 0.2) is 6.79 Å². The van der Waals surface area contributed by atoms with Crippen LogP contribution in [0.4, 0.5) is 11.4 Å². The second-order valence-electron chi connectivity index (χ2n) is 7.05. The summed E-state index contributed by atoms with van der Waals surface area (Å²) < 4.78 is 23.2. The zero-order valence-corrected chi connectivity index (χ0v) is 18.2. The van der Waals surface area contributed by atoms with Crippen LogP contribution in [0, 0.1) is 0 Å². The van der Waals surface area contributed by atoms with E-state index >= 15 is 0 Å². The van der Waals surface area contributed by atoms with E-state index in [-0.39, 0.29) is 6.79 Å². The van der Waals surface area contributed by atoms with Gasteiger partial charge in [0.2, 0.25) is 0 Å². The molecule has 0 fully saturated rings. The maximum Gasteiger partial charge on any atom is 0.189 e. The van der Waals surface area contributed by atoms with E-state index in [4.69, 9.17) is 23.9 Å². The molecule has 9 nitrogen and oxygen atoms in total. The van der Waals surface area contributed by atoms with Crippen molar-refractivity contribution in [3.05, 3.63) is 55.0 Å². The van der Waals surface area contributed by atoms with Gasteiger partial charge in [0.1, 0.15) is 11.5 Å². The molecule has 4 rings (SSSR count). The molecule has 32 heavy (non-hydrogen) atoms. The average molecular weight is 435 g/mol. The molecule has 1 N–H and O–H groups in total. The topological polar surface area (TPSA) is 92.6 Å². The van der Waals surface area contributed by atoms with Crippen LogP contribution in [0.2, 0.25) is 0 Å². The Hall–Kier alpha value is -3.69. The third-order valence-corrected chi connectivity index (χ3v) is 4.69. The molecule has 0 radical (unpaired) electrons. The third-order valence-electron chi connectivity index (χ3n) is 4.69. The standard InChI is InChI=1S/C23H25N5O4/c1-28-14-16(12-25-28)23-13-24-21-5-4-17(10-22(21)27-23)26-18-8-19(30-3)11-20(9-18)32-15-31-7-6-29-2/h4-5,8-14,26H,6-7,15H2,1-3H3. The summed E-state index contributed by atoms with van der Waals surface area (Å²) in [6.07, 6.45) is 5.44. The first kappa shape index (κ1) is 21.5. The van der Waals surface area contributed by atoms with Gasteiger partial charge in [-0.15, -0.1) is 0 Å². The van der Waals surface area contributed by atoms with Crippen LogP contribution in [0.1, 0.15) is 0 Å². The van der Waals surface area contributed by atoms with Gasteiger partial charge in [-0.1, -0.05) is 0 Å². The van der Waals surface area contributed by atoms with Crippen LogP contribution in [0.3, 0.4) is 0 Å². The molecule has 0 aliphatic carbocycles. The first-order chi connectivity index (χ1) is 15.6. The number of methoxy groups -OCH3 is 2. The average Bonchev–Trinajstić information content (AvgIpc) is 3.24. The van der Waals surface area contributed by atoms with Gasteiger partial charge in [0.05, 0.1) is 49.4 Å². The normalized spacial score (nSPS) is 11.0. The first-order valence-corrected chi connectivity index (χ1v) is 10.1. The van der Waals surface area contributed by atoms with Gasteiger partial charge >= 0.3 is 0 Å². The number of aryl methyl sites for hydroxylation is 1. The lowest BCUT2D eigenvalue weighted by Crippen LogP contribution is -2.08. The van der Waals surface area contributed by atoms with E-state index in [0.29, 0.717) is 24.7 Å². The predicted octanol–water partition coefficient (Wildman–Crippen LogP) is 3.78. The number of fused-ring (bicyclic) bond motifs is 1. The molecule has 0 aliphatic rings. The summed E-state index contributed by atoms with van der Waals surface area (Å²) in [5.74, 6) is 1.30. The first-order valence-electron chi connectivity index (χ1n) is 10.1. The maximum absolute atomic E-state index is 5.68. The van der Waals surface area contributed by atoms with Crippen LogP contribution in [0.25, 0.3) is 22.3 Å². The molecular weight excluding hydrogens is 410 g/mol. The number of ether oxygens (including phenoxy) is 4. The van der Waals surface area contributed by atoms with Crippen LogP contribution in [0.5, 0.6) is 11.5 Å². The van der Waals surface area contributed by atoms with Gasteiger partial charge in [0, 0.05) is 55.5 Å². The Bertz CT molecular complexity index is 1190. The summed E-state index contributed by atoms with van der Waals surface area (Å²) in [6.45, 7) is 1.10. The molecule has 2 heterocycles. The summed E-state index contributed by atoms with van der Waals surface area (Å²) in [6, 6.07) is 11.4. The van der Waals surface area contributed by atoms with E-state index in [2.05, 4.69) is 15.4 Å². The second kappa shape index (κ2) is 10.1. The molecule has 2 aromatic heterocycles. The zero-order chi connectivity index (χ0) is 22.3. The highest BCUT2D eigenvalue weighted by molar-refractivity contribution is 5.82. The lowest BCUT2D eigenvalue weighted by molar-refractivity contribution is -0.00850. The number of hydrogen-bond acceptors (Lipinski definition) is 8. The molecule has 166 valence electrons. The Balaban J connectivity index is 1.53. The van der Waals surface area contributed by atoms with Crippen molar-refractivity contribution in [1.82, 2.24) is 19.7 Å². The monoisotopic (exact) mass is 435 g/mol. The molecule has 2 aromatic carbocycles. The second-order valence-corrected chi connectivity index (χ2v) is 7.05. The molecule has 0 saturated heterocycles. The minimum absolute atomic E-state index is 0.124. The van der Waals surface area contributed by atoms with Gasteiger partial charge in [-0.25, -0.2) is 4.98 Å². The highest BCUT2D eigenvalue weighted by atomic mass is 16.7. The number of nitrogens with one attached hydrogen (secondary N) is 1. The quantitative estimate of drug-likeness (QED) is 0.297. The zero-order valence-electron chi connectivity index (χ0n) is 18.2. The fourth-order valence-electron chi connectivity index (χ4n) is 3.10. The van der Waals surface area contributed by atoms with Crippen LogP contribution in [-0.2, 0) is 16.5 Å². The van der Waals surface area contributed by atoms with E-state index in [1.807, 2.05) is 43.6 Å². The SMILES string of the molecule is COCCOCOc1cc(Nc2ccc3ncc(-c4cnn(C)c4)nc3c2)cc(OC)c1. The summed E-state index contributed by atoms with van der Waals surface area (Å²) in [7, 11) is 5.11. The van der Waals surface area contributed by atoms with Crippen molar-refractivity contribution < 1.29 is 18.9 Å². The van der Waals surface area contributed by atoms with Gasteiger partial charge in [-0.3, -0.25) is 9.67 Å². The maximum atomic E-state index is 5.68. The van der Waals surface area contributed by atoms with Crippen LogP contribution in [-0.4, -0.2) is 54.0 Å². The molecular formula is C23H25N5O4. The molecule has 0 unspecified atom stereocenters. The molecule has 0 bridgehead atoms.